The minimum Gasteiger partial charge on any atom is -0.318 e. The number of halogens is 1. The molecule has 2 aliphatic rings. The van der Waals surface area contributed by atoms with Gasteiger partial charge < -0.3 is 18.3 Å². The first-order valence-corrected chi connectivity index (χ1v) is 29.1. The quantitative estimate of drug-likeness (QED) is 0.160. The summed E-state index contributed by atoms with van der Waals surface area (Å²) in [6.45, 7) is 0.219. The van der Waals surface area contributed by atoms with Gasteiger partial charge in [0.1, 0.15) is 0 Å². The van der Waals surface area contributed by atoms with Crippen LogP contribution < -0.4 is 16.4 Å². The Kier molecular flexibility index (Phi) is 10.3. The molecule has 0 amide bonds. The molecule has 0 atom stereocenters. The van der Waals surface area contributed by atoms with Crippen molar-refractivity contribution in [3.05, 3.63) is 272 Å². The van der Waals surface area contributed by atoms with Crippen LogP contribution in [0, 0.1) is 0 Å². The number of nitrogens with zero attached hydrogens (tertiary/aromatic N) is 4. The molecule has 0 spiro atoms. The van der Waals surface area contributed by atoms with Gasteiger partial charge in [-0.3, -0.25) is 0 Å². The Bertz CT molecular complexity index is 5140. The van der Waals surface area contributed by atoms with Gasteiger partial charge in [0, 0.05) is 86.9 Å². The van der Waals surface area contributed by atoms with Crippen LogP contribution in [0.4, 0.5) is 0 Å². The van der Waals surface area contributed by atoms with Gasteiger partial charge >= 0.3 is 0 Å². The van der Waals surface area contributed by atoms with E-state index in [0.29, 0.717) is 0 Å². The summed E-state index contributed by atoms with van der Waals surface area (Å²) in [5.41, 5.74) is 16.4. The molecule has 2 aliphatic heterocycles. The number of para-hydroxylation sites is 4. The highest BCUT2D eigenvalue weighted by Crippen LogP contribution is 2.41. The van der Waals surface area contributed by atoms with E-state index in [0.717, 1.165) is 26.8 Å². The minimum atomic E-state index is 0.219. The normalized spacial score (nSPS) is 12.5. The van der Waals surface area contributed by atoms with Crippen LogP contribution in [0.15, 0.2) is 287 Å². The zero-order valence-electron chi connectivity index (χ0n) is 43.0. The Hall–Kier alpha value is -9.11. The topological polar surface area (TPSA) is 19.7 Å². The van der Waals surface area contributed by atoms with E-state index in [1.807, 2.05) is 17.8 Å². The fraction of sp³-hybridized carbons (Fsp3) is 0. The Morgan fingerprint density at radius 3 is 1.64 bits per heavy atom. The molecule has 374 valence electrons. The maximum Gasteiger partial charge on any atom is 0.250 e. The molecule has 0 saturated carbocycles. The van der Waals surface area contributed by atoms with Gasteiger partial charge in [0.05, 0.1) is 38.3 Å². The minimum absolute atomic E-state index is 0.219. The Morgan fingerprint density at radius 1 is 0.362 bits per heavy atom. The zero-order valence-corrected chi connectivity index (χ0v) is 45.4. The van der Waals surface area contributed by atoms with Crippen molar-refractivity contribution in [3.8, 4) is 22.7 Å². The van der Waals surface area contributed by atoms with Gasteiger partial charge in [-0.1, -0.05) is 174 Å². The van der Waals surface area contributed by atoms with Gasteiger partial charge in [-0.2, -0.15) is 0 Å². The van der Waals surface area contributed by atoms with E-state index >= 15 is 0 Å². The second kappa shape index (κ2) is 18.0. The third kappa shape index (κ3) is 6.94. The van der Waals surface area contributed by atoms with Crippen LogP contribution in [0.3, 0.4) is 0 Å². The van der Waals surface area contributed by atoms with Crippen LogP contribution in [-0.2, 0) is 0 Å². The summed E-state index contributed by atoms with van der Waals surface area (Å²) >= 11 is 10.6. The van der Waals surface area contributed by atoms with Gasteiger partial charge in [0.25, 0.3) is 0 Å². The predicted molar refractivity (Wildman–Crippen MR) is 341 cm³/mol. The number of rotatable bonds is 5. The van der Waals surface area contributed by atoms with Crippen LogP contribution in [0.25, 0.3) is 110 Å². The zero-order chi connectivity index (χ0) is 52.6. The van der Waals surface area contributed by atoms with Crippen molar-refractivity contribution >= 4 is 145 Å². The van der Waals surface area contributed by atoms with Crippen LogP contribution in [0.5, 0.6) is 0 Å². The molecule has 4 nitrogen and oxygen atoms in total. The summed E-state index contributed by atoms with van der Waals surface area (Å²) in [6, 6.07) is 92.4. The molecule has 0 fully saturated rings. The van der Waals surface area contributed by atoms with E-state index in [1.165, 1.54) is 124 Å². The molecule has 18 rings (SSSR count). The lowest BCUT2D eigenvalue weighted by atomic mass is 9.34. The van der Waals surface area contributed by atoms with Gasteiger partial charge in [-0.25, -0.2) is 0 Å². The fourth-order valence-corrected chi connectivity index (χ4v) is 15.6. The molecule has 8 heteroatoms. The summed E-state index contributed by atoms with van der Waals surface area (Å²) in [6.07, 6.45) is 4.38. The van der Waals surface area contributed by atoms with Crippen LogP contribution in [0.2, 0.25) is 5.02 Å². The highest BCUT2D eigenvalue weighted by molar-refractivity contribution is 8.00. The molecular weight excluding hydrogens is 1030 g/mol. The van der Waals surface area contributed by atoms with Gasteiger partial charge in [0.15, 0.2) is 0 Å². The van der Waals surface area contributed by atoms with Gasteiger partial charge in [0.2, 0.25) is 6.71 Å². The summed E-state index contributed by atoms with van der Waals surface area (Å²) in [5, 5.41) is 13.4. The predicted octanol–water partition coefficient (Wildman–Crippen LogP) is 17.9. The summed E-state index contributed by atoms with van der Waals surface area (Å²) in [7, 11) is 0. The molecule has 0 N–H and O–H groups in total. The number of benzene rings is 12. The lowest BCUT2D eigenvalue weighted by molar-refractivity contribution is 1.12. The van der Waals surface area contributed by atoms with E-state index in [1.54, 1.807) is 11.8 Å². The molecular formula is C72H44BClN4S2. The monoisotopic (exact) mass is 1070 g/mol. The smallest absolute Gasteiger partial charge is 0.250 e. The standard InChI is InChI=1S/C36H21BN2S.C36H23ClN2S/c1-4-11-29-26(8-1)27-9-2-5-12-30(27)39(29)24-16-17-25-23(21-24)20-22-18-19-38-31-13-7-15-33-35(31)37(34(25)36(22)38)28-10-3-6-14-32(28)40-33;37-36-33(15-8-16-35(36)40-28-9-2-1-3-10-28)38-20-19-25-21-26-22-27(18-17-24(26)23-34(25)38)39-31-13-6-4-11-29(31)30-12-5-7-14-32(30)39/h1-21H;1-23H. The lowest BCUT2D eigenvalue weighted by Gasteiger charge is -2.33. The third-order valence-electron chi connectivity index (χ3n) is 16.6. The second-order valence-electron chi connectivity index (χ2n) is 21.0. The van der Waals surface area contributed by atoms with Crippen molar-refractivity contribution in [1.29, 1.82) is 0 Å². The summed E-state index contributed by atoms with van der Waals surface area (Å²) < 4.78 is 9.42. The molecule has 0 unspecified atom stereocenters. The number of hydrogen-bond donors (Lipinski definition) is 0. The second-order valence-corrected chi connectivity index (χ2v) is 23.5. The molecule has 0 aliphatic carbocycles. The van der Waals surface area contributed by atoms with Crippen molar-refractivity contribution in [3.63, 3.8) is 0 Å². The van der Waals surface area contributed by atoms with Crippen molar-refractivity contribution < 1.29 is 0 Å². The number of fused-ring (bicyclic) bond motifs is 14. The van der Waals surface area contributed by atoms with Gasteiger partial charge in [-0.15, -0.1) is 0 Å². The van der Waals surface area contributed by atoms with Crippen LogP contribution in [0.1, 0.15) is 0 Å². The first-order valence-electron chi connectivity index (χ1n) is 27.1. The van der Waals surface area contributed by atoms with Crippen molar-refractivity contribution in [2.75, 3.05) is 0 Å². The number of hydrogen-bond acceptors (Lipinski definition) is 2. The molecule has 80 heavy (non-hydrogen) atoms. The maximum atomic E-state index is 7.00. The van der Waals surface area contributed by atoms with E-state index < -0.39 is 0 Å². The van der Waals surface area contributed by atoms with Crippen molar-refractivity contribution in [1.82, 2.24) is 18.3 Å². The fourth-order valence-electron chi connectivity index (χ4n) is 13.2. The van der Waals surface area contributed by atoms with E-state index in [9.17, 15) is 0 Å². The SMILES string of the molecule is Clc1c(Sc2ccccc2)cccc1-n1ccc2cc3cc(-n4c5ccccc5c5ccccc54)ccc3cc21.c1ccc2c(c1)Sc1cccc3c1B2c1c2ccc(-n4c5ccccc5c5ccccc54)cc2cc2ccn-3c12. The first kappa shape index (κ1) is 45.9. The van der Waals surface area contributed by atoms with Crippen LogP contribution in [-0.4, -0.2) is 25.0 Å². The first-order chi connectivity index (χ1) is 39.6. The highest BCUT2D eigenvalue weighted by atomic mass is 35.5. The van der Waals surface area contributed by atoms with Gasteiger partial charge in [-0.05, 0) is 154 Å². The Morgan fingerprint density at radius 2 is 0.925 bits per heavy atom. The average Bonchev–Trinajstić information content (AvgIpc) is 4.43. The molecule has 0 saturated heterocycles. The van der Waals surface area contributed by atoms with E-state index in [2.05, 4.69) is 279 Å². The molecule has 12 aromatic carbocycles. The average molecular weight is 1080 g/mol. The van der Waals surface area contributed by atoms with Crippen LogP contribution >= 0.6 is 35.1 Å². The number of aromatic nitrogens is 4. The Labute approximate surface area is 474 Å². The van der Waals surface area contributed by atoms with Crippen molar-refractivity contribution in [2.24, 2.45) is 0 Å². The third-order valence-corrected chi connectivity index (χ3v) is 19.4. The summed E-state index contributed by atoms with van der Waals surface area (Å²) in [5.74, 6) is 0. The highest BCUT2D eigenvalue weighted by Gasteiger charge is 2.39. The largest absolute Gasteiger partial charge is 0.318 e. The molecule has 16 aromatic rings. The molecule has 6 heterocycles. The lowest BCUT2D eigenvalue weighted by Crippen LogP contribution is -2.58. The van der Waals surface area contributed by atoms with E-state index in [4.69, 9.17) is 11.6 Å². The molecule has 0 radical (unpaired) electrons. The Balaban J connectivity index is 0.000000128. The molecule has 0 bridgehead atoms. The maximum absolute atomic E-state index is 7.00. The van der Waals surface area contributed by atoms with Crippen molar-refractivity contribution in [2.45, 2.75) is 19.6 Å². The molecule has 4 aromatic heterocycles. The summed E-state index contributed by atoms with van der Waals surface area (Å²) in [4.78, 5) is 4.95. The van der Waals surface area contributed by atoms with E-state index in [-0.39, 0.29) is 6.71 Å².